The van der Waals surface area contributed by atoms with Gasteiger partial charge in [-0.25, -0.2) is 4.98 Å². The van der Waals surface area contributed by atoms with E-state index in [4.69, 9.17) is 0 Å². The first kappa shape index (κ1) is 22.4. The average molecular weight is 456 g/mol. The molecule has 0 unspecified atom stereocenters. The van der Waals surface area contributed by atoms with E-state index in [-0.39, 0.29) is 11.8 Å². The Kier molecular flexibility index (Phi) is 6.38. The highest BCUT2D eigenvalue weighted by molar-refractivity contribution is 7.14. The van der Waals surface area contributed by atoms with E-state index in [2.05, 4.69) is 15.6 Å². The van der Waals surface area contributed by atoms with Crippen molar-refractivity contribution in [1.29, 1.82) is 0 Å². The van der Waals surface area contributed by atoms with Crippen molar-refractivity contribution in [2.45, 2.75) is 27.7 Å². The first-order chi connectivity index (χ1) is 15.8. The molecule has 5 nitrogen and oxygen atoms in total. The van der Waals surface area contributed by atoms with Gasteiger partial charge in [0.1, 0.15) is 0 Å². The predicted octanol–water partition coefficient (Wildman–Crippen LogP) is 6.55. The molecule has 0 saturated heterocycles. The highest BCUT2D eigenvalue weighted by Gasteiger charge is 2.12. The summed E-state index contributed by atoms with van der Waals surface area (Å²) in [6.07, 6.45) is 0. The van der Waals surface area contributed by atoms with E-state index in [9.17, 15) is 9.59 Å². The minimum atomic E-state index is -0.187. The third kappa shape index (κ3) is 5.18. The summed E-state index contributed by atoms with van der Waals surface area (Å²) in [6, 6.07) is 18.8. The number of benzene rings is 3. The normalized spacial score (nSPS) is 10.7. The summed E-state index contributed by atoms with van der Waals surface area (Å²) in [5.74, 6) is -0.344. The van der Waals surface area contributed by atoms with Crippen LogP contribution in [0.5, 0.6) is 0 Å². The lowest BCUT2D eigenvalue weighted by Gasteiger charge is -2.08. The fraction of sp³-hybridized carbons (Fsp3) is 0.148. The molecule has 0 aliphatic carbocycles. The van der Waals surface area contributed by atoms with Gasteiger partial charge in [-0.2, -0.15) is 0 Å². The van der Waals surface area contributed by atoms with Gasteiger partial charge in [0.2, 0.25) is 0 Å². The molecule has 3 aromatic carbocycles. The molecule has 0 aliphatic rings. The second-order valence-electron chi connectivity index (χ2n) is 8.13. The maximum Gasteiger partial charge on any atom is 0.257 e. The van der Waals surface area contributed by atoms with E-state index in [1.54, 1.807) is 0 Å². The van der Waals surface area contributed by atoms with Gasteiger partial charge in [-0.3, -0.25) is 14.9 Å². The minimum absolute atomic E-state index is 0.158. The van der Waals surface area contributed by atoms with Gasteiger partial charge in [0.15, 0.2) is 5.13 Å². The van der Waals surface area contributed by atoms with Crippen molar-refractivity contribution < 1.29 is 9.59 Å². The van der Waals surface area contributed by atoms with Crippen molar-refractivity contribution in [3.8, 4) is 11.3 Å². The SMILES string of the molecule is Cc1ccc(C(=O)Nc2cccc(-c3csc(NC(=O)c4ccc(C)c(C)c4)n3)c2)cc1C. The Morgan fingerprint density at radius 3 is 1.94 bits per heavy atom. The molecule has 0 aliphatic heterocycles. The summed E-state index contributed by atoms with van der Waals surface area (Å²) in [6.45, 7) is 8.01. The summed E-state index contributed by atoms with van der Waals surface area (Å²) in [4.78, 5) is 29.8. The van der Waals surface area contributed by atoms with Gasteiger partial charge in [0.25, 0.3) is 11.8 Å². The summed E-state index contributed by atoms with van der Waals surface area (Å²) in [5.41, 5.74) is 7.94. The van der Waals surface area contributed by atoms with E-state index in [1.807, 2.05) is 93.7 Å². The molecule has 0 fully saturated rings. The first-order valence-electron chi connectivity index (χ1n) is 10.6. The Balaban J connectivity index is 1.47. The molecule has 33 heavy (non-hydrogen) atoms. The Morgan fingerprint density at radius 2 is 1.33 bits per heavy atom. The molecular formula is C27H25N3O2S. The Bertz CT molecular complexity index is 1360. The van der Waals surface area contributed by atoms with E-state index < -0.39 is 0 Å². The number of aryl methyl sites for hydroxylation is 4. The van der Waals surface area contributed by atoms with Crippen LogP contribution in [-0.4, -0.2) is 16.8 Å². The van der Waals surface area contributed by atoms with E-state index in [0.717, 1.165) is 33.5 Å². The van der Waals surface area contributed by atoms with Crippen LogP contribution in [-0.2, 0) is 0 Å². The third-order valence-corrected chi connectivity index (χ3v) is 6.44. The van der Waals surface area contributed by atoms with Crippen molar-refractivity contribution in [1.82, 2.24) is 4.98 Å². The van der Waals surface area contributed by atoms with Crippen molar-refractivity contribution in [3.05, 3.63) is 99.4 Å². The molecule has 6 heteroatoms. The van der Waals surface area contributed by atoms with E-state index in [1.165, 1.54) is 11.3 Å². The summed E-state index contributed by atoms with van der Waals surface area (Å²) >= 11 is 1.36. The number of aromatic nitrogens is 1. The topological polar surface area (TPSA) is 71.1 Å². The smallest absolute Gasteiger partial charge is 0.257 e. The number of thiazole rings is 1. The van der Waals surface area contributed by atoms with Gasteiger partial charge in [-0.15, -0.1) is 11.3 Å². The predicted molar refractivity (Wildman–Crippen MR) is 135 cm³/mol. The van der Waals surface area contributed by atoms with E-state index in [0.29, 0.717) is 21.9 Å². The molecule has 4 aromatic rings. The van der Waals surface area contributed by atoms with Crippen LogP contribution < -0.4 is 10.6 Å². The zero-order valence-corrected chi connectivity index (χ0v) is 19.8. The highest BCUT2D eigenvalue weighted by Crippen LogP contribution is 2.27. The molecule has 1 aromatic heterocycles. The highest BCUT2D eigenvalue weighted by atomic mass is 32.1. The fourth-order valence-electron chi connectivity index (χ4n) is 3.36. The number of hydrogen-bond acceptors (Lipinski definition) is 4. The molecule has 0 radical (unpaired) electrons. The van der Waals surface area contributed by atoms with Gasteiger partial charge in [0.05, 0.1) is 5.69 Å². The zero-order valence-electron chi connectivity index (χ0n) is 19.0. The Labute approximate surface area is 197 Å². The lowest BCUT2D eigenvalue weighted by Crippen LogP contribution is -2.12. The fourth-order valence-corrected chi connectivity index (χ4v) is 4.07. The number of hydrogen-bond donors (Lipinski definition) is 2. The van der Waals surface area contributed by atoms with Crippen molar-refractivity contribution in [2.24, 2.45) is 0 Å². The van der Waals surface area contributed by atoms with Crippen LogP contribution in [0.2, 0.25) is 0 Å². The largest absolute Gasteiger partial charge is 0.322 e. The molecule has 0 spiro atoms. The van der Waals surface area contributed by atoms with Crippen LogP contribution in [0, 0.1) is 27.7 Å². The summed E-state index contributed by atoms with van der Waals surface area (Å²) in [5, 5.41) is 8.24. The molecule has 4 rings (SSSR count). The number of nitrogens with zero attached hydrogens (tertiary/aromatic N) is 1. The standard InChI is InChI=1S/C27H25N3O2S/c1-16-8-10-21(12-18(16)3)25(31)28-23-7-5-6-20(14-23)24-15-33-27(29-24)30-26(32)22-11-9-17(2)19(4)13-22/h5-15H,1-4H3,(H,28,31)(H,29,30,32). The van der Waals surface area contributed by atoms with Crippen molar-refractivity contribution in [2.75, 3.05) is 10.6 Å². The number of carbonyl (C=O) groups is 2. The second-order valence-corrected chi connectivity index (χ2v) is 8.98. The average Bonchev–Trinajstić information content (AvgIpc) is 3.26. The van der Waals surface area contributed by atoms with Crippen molar-refractivity contribution >= 4 is 34.0 Å². The van der Waals surface area contributed by atoms with Crippen molar-refractivity contribution in [3.63, 3.8) is 0 Å². The van der Waals surface area contributed by atoms with E-state index >= 15 is 0 Å². The van der Waals surface area contributed by atoms with Crippen LogP contribution in [0.25, 0.3) is 11.3 Å². The van der Waals surface area contributed by atoms with Crippen LogP contribution in [0.15, 0.2) is 66.0 Å². The first-order valence-corrected chi connectivity index (χ1v) is 11.5. The lowest BCUT2D eigenvalue weighted by atomic mass is 10.1. The van der Waals surface area contributed by atoms with Gasteiger partial charge < -0.3 is 5.32 Å². The zero-order chi connectivity index (χ0) is 23.5. The molecule has 1 heterocycles. The quantitative estimate of drug-likeness (QED) is 0.358. The number of anilines is 2. The van der Waals surface area contributed by atoms with Crippen LogP contribution >= 0.6 is 11.3 Å². The maximum absolute atomic E-state index is 12.7. The summed E-state index contributed by atoms with van der Waals surface area (Å²) in [7, 11) is 0. The minimum Gasteiger partial charge on any atom is -0.322 e. The molecule has 166 valence electrons. The third-order valence-electron chi connectivity index (χ3n) is 5.68. The molecule has 0 bridgehead atoms. The molecule has 0 atom stereocenters. The van der Waals surface area contributed by atoms with Gasteiger partial charge in [-0.1, -0.05) is 24.3 Å². The molecule has 2 N–H and O–H groups in total. The lowest BCUT2D eigenvalue weighted by molar-refractivity contribution is 0.101. The maximum atomic E-state index is 12.7. The Morgan fingerprint density at radius 1 is 0.727 bits per heavy atom. The number of rotatable bonds is 5. The second kappa shape index (κ2) is 9.38. The molecule has 2 amide bonds. The van der Waals surface area contributed by atoms with Gasteiger partial charge >= 0.3 is 0 Å². The van der Waals surface area contributed by atoms with Gasteiger partial charge in [0, 0.05) is 27.8 Å². The summed E-state index contributed by atoms with van der Waals surface area (Å²) < 4.78 is 0. The van der Waals surface area contributed by atoms with Crippen LogP contribution in [0.4, 0.5) is 10.8 Å². The number of amides is 2. The number of nitrogens with one attached hydrogen (secondary N) is 2. The molecule has 0 saturated carbocycles. The molecular weight excluding hydrogens is 430 g/mol. The van der Waals surface area contributed by atoms with Crippen LogP contribution in [0.1, 0.15) is 43.0 Å². The Hall–Kier alpha value is -3.77. The number of carbonyl (C=O) groups excluding carboxylic acids is 2. The van der Waals surface area contributed by atoms with Gasteiger partial charge in [-0.05, 0) is 86.3 Å². The van der Waals surface area contributed by atoms with Crippen LogP contribution in [0.3, 0.4) is 0 Å². The monoisotopic (exact) mass is 455 g/mol.